The average Bonchev–Trinajstić information content (AvgIpc) is 1.88. The van der Waals surface area contributed by atoms with Crippen molar-refractivity contribution >= 4 is 12.2 Å². The Bertz CT molecular complexity index is 186. The first kappa shape index (κ1) is 6.80. The van der Waals surface area contributed by atoms with Crippen LogP contribution in [-0.4, -0.2) is 35.3 Å². The summed E-state index contributed by atoms with van der Waals surface area (Å²) in [4.78, 5) is 15.6. The SMILES string of the molecule is O=C(O)CN1C=CN=CC1. The van der Waals surface area contributed by atoms with E-state index in [1.54, 1.807) is 23.5 Å². The number of carboxylic acid groups (broad SMARTS) is 1. The Morgan fingerprint density at radius 1 is 1.80 bits per heavy atom. The topological polar surface area (TPSA) is 52.9 Å². The van der Waals surface area contributed by atoms with E-state index in [1.807, 2.05) is 0 Å². The Morgan fingerprint density at radius 2 is 2.60 bits per heavy atom. The summed E-state index contributed by atoms with van der Waals surface area (Å²) in [7, 11) is 0. The number of carboxylic acids is 1. The lowest BCUT2D eigenvalue weighted by Gasteiger charge is -2.16. The van der Waals surface area contributed by atoms with E-state index in [-0.39, 0.29) is 6.54 Å². The molecule has 0 aromatic rings. The standard InChI is InChI=1S/C6H8N2O2/c9-6(10)5-8-3-1-7-2-4-8/h1-3H,4-5H2,(H,9,10). The summed E-state index contributed by atoms with van der Waals surface area (Å²) in [5.41, 5.74) is 0. The van der Waals surface area contributed by atoms with Crippen molar-refractivity contribution in [2.24, 2.45) is 4.99 Å². The molecule has 0 unspecified atom stereocenters. The van der Waals surface area contributed by atoms with E-state index in [0.717, 1.165) is 0 Å². The maximum absolute atomic E-state index is 10.1. The first-order valence-corrected chi connectivity index (χ1v) is 2.93. The first-order valence-electron chi connectivity index (χ1n) is 2.93. The van der Waals surface area contributed by atoms with Crippen LogP contribution in [0.15, 0.2) is 17.4 Å². The van der Waals surface area contributed by atoms with Crippen LogP contribution in [0.25, 0.3) is 0 Å². The number of carbonyl (C=O) groups is 1. The molecule has 1 aliphatic rings. The van der Waals surface area contributed by atoms with Gasteiger partial charge in [-0.2, -0.15) is 0 Å². The second kappa shape index (κ2) is 3.00. The Kier molecular flexibility index (Phi) is 2.04. The van der Waals surface area contributed by atoms with Gasteiger partial charge in [-0.25, -0.2) is 0 Å². The highest BCUT2D eigenvalue weighted by Crippen LogP contribution is 1.93. The van der Waals surface area contributed by atoms with Gasteiger partial charge in [0, 0.05) is 18.6 Å². The number of hydrogen-bond donors (Lipinski definition) is 1. The predicted octanol–water partition coefficient (Wildman–Crippen LogP) is -0.0714. The zero-order valence-corrected chi connectivity index (χ0v) is 5.40. The Balaban J connectivity index is 2.37. The van der Waals surface area contributed by atoms with Crippen LogP contribution in [-0.2, 0) is 4.79 Å². The minimum Gasteiger partial charge on any atom is -0.480 e. The van der Waals surface area contributed by atoms with Gasteiger partial charge in [0.05, 0.1) is 6.54 Å². The van der Waals surface area contributed by atoms with Crippen molar-refractivity contribution in [2.75, 3.05) is 13.1 Å². The monoisotopic (exact) mass is 140 g/mol. The van der Waals surface area contributed by atoms with E-state index in [0.29, 0.717) is 6.54 Å². The largest absolute Gasteiger partial charge is 0.480 e. The molecular weight excluding hydrogens is 132 g/mol. The second-order valence-corrected chi connectivity index (χ2v) is 1.95. The number of aliphatic carboxylic acids is 1. The maximum atomic E-state index is 10.1. The number of nitrogens with zero attached hydrogens (tertiary/aromatic N) is 2. The van der Waals surface area contributed by atoms with E-state index >= 15 is 0 Å². The van der Waals surface area contributed by atoms with Crippen LogP contribution in [0.3, 0.4) is 0 Å². The molecule has 1 rings (SSSR count). The molecule has 0 radical (unpaired) electrons. The highest BCUT2D eigenvalue weighted by molar-refractivity contribution is 5.70. The molecular formula is C6H8N2O2. The van der Waals surface area contributed by atoms with Crippen LogP contribution < -0.4 is 0 Å². The molecule has 0 atom stereocenters. The molecule has 0 saturated carbocycles. The summed E-state index contributed by atoms with van der Waals surface area (Å²) in [6.07, 6.45) is 4.91. The lowest BCUT2D eigenvalue weighted by molar-refractivity contribution is -0.137. The summed E-state index contributed by atoms with van der Waals surface area (Å²) in [6, 6.07) is 0. The summed E-state index contributed by atoms with van der Waals surface area (Å²) in [6.45, 7) is 0.630. The normalized spacial score (nSPS) is 15.8. The zero-order valence-electron chi connectivity index (χ0n) is 5.40. The molecule has 0 aliphatic carbocycles. The van der Waals surface area contributed by atoms with E-state index in [9.17, 15) is 4.79 Å². The Labute approximate surface area is 58.5 Å². The Morgan fingerprint density at radius 3 is 3.10 bits per heavy atom. The molecule has 0 fully saturated rings. The summed E-state index contributed by atoms with van der Waals surface area (Å²) in [5, 5.41) is 8.35. The zero-order chi connectivity index (χ0) is 7.40. The fourth-order valence-electron chi connectivity index (χ4n) is 0.697. The molecule has 0 spiro atoms. The summed E-state index contributed by atoms with van der Waals surface area (Å²) in [5.74, 6) is -0.819. The second-order valence-electron chi connectivity index (χ2n) is 1.95. The van der Waals surface area contributed by atoms with Crippen LogP contribution in [0, 0.1) is 0 Å². The van der Waals surface area contributed by atoms with Gasteiger partial charge in [0.2, 0.25) is 0 Å². The lowest BCUT2D eigenvalue weighted by atomic mass is 10.5. The lowest BCUT2D eigenvalue weighted by Crippen LogP contribution is -2.27. The molecule has 54 valence electrons. The van der Waals surface area contributed by atoms with Crippen LogP contribution in [0.1, 0.15) is 0 Å². The van der Waals surface area contributed by atoms with Crippen molar-refractivity contribution in [1.82, 2.24) is 4.90 Å². The predicted molar refractivity (Wildman–Crippen MR) is 36.8 cm³/mol. The number of aliphatic imine (C=N–C) groups is 1. The molecule has 4 nitrogen and oxygen atoms in total. The molecule has 0 saturated heterocycles. The van der Waals surface area contributed by atoms with Gasteiger partial charge in [0.1, 0.15) is 6.54 Å². The number of hydrogen-bond acceptors (Lipinski definition) is 3. The van der Waals surface area contributed by atoms with Crippen LogP contribution in [0.2, 0.25) is 0 Å². The van der Waals surface area contributed by atoms with E-state index < -0.39 is 5.97 Å². The van der Waals surface area contributed by atoms with Crippen molar-refractivity contribution in [2.45, 2.75) is 0 Å². The van der Waals surface area contributed by atoms with Gasteiger partial charge in [0.15, 0.2) is 0 Å². The highest BCUT2D eigenvalue weighted by Gasteiger charge is 2.03. The molecule has 1 aliphatic heterocycles. The van der Waals surface area contributed by atoms with Crippen molar-refractivity contribution < 1.29 is 9.90 Å². The van der Waals surface area contributed by atoms with Gasteiger partial charge in [-0.15, -0.1) is 0 Å². The molecule has 0 bridgehead atoms. The minimum atomic E-state index is -0.819. The fraction of sp³-hybridized carbons (Fsp3) is 0.333. The van der Waals surface area contributed by atoms with Gasteiger partial charge in [-0.05, 0) is 0 Å². The quantitative estimate of drug-likeness (QED) is 0.584. The van der Waals surface area contributed by atoms with E-state index in [2.05, 4.69) is 4.99 Å². The van der Waals surface area contributed by atoms with Crippen LogP contribution in [0.4, 0.5) is 0 Å². The van der Waals surface area contributed by atoms with Crippen molar-refractivity contribution in [3.05, 3.63) is 12.4 Å². The maximum Gasteiger partial charge on any atom is 0.323 e. The van der Waals surface area contributed by atoms with Crippen molar-refractivity contribution in [1.29, 1.82) is 0 Å². The van der Waals surface area contributed by atoms with Gasteiger partial charge in [0.25, 0.3) is 0 Å². The summed E-state index contributed by atoms with van der Waals surface area (Å²) < 4.78 is 0. The van der Waals surface area contributed by atoms with Gasteiger partial charge in [-0.3, -0.25) is 9.79 Å². The number of rotatable bonds is 2. The highest BCUT2D eigenvalue weighted by atomic mass is 16.4. The fourth-order valence-corrected chi connectivity index (χ4v) is 0.697. The molecule has 4 heteroatoms. The third-order valence-corrected chi connectivity index (χ3v) is 1.12. The van der Waals surface area contributed by atoms with Gasteiger partial charge in [-0.1, -0.05) is 0 Å². The molecule has 0 aromatic heterocycles. The molecule has 1 heterocycles. The Hall–Kier alpha value is -1.32. The minimum absolute atomic E-state index is 0.0442. The van der Waals surface area contributed by atoms with Gasteiger partial charge >= 0.3 is 5.97 Å². The van der Waals surface area contributed by atoms with Crippen LogP contribution in [0.5, 0.6) is 0 Å². The third kappa shape index (κ3) is 1.89. The van der Waals surface area contributed by atoms with Crippen molar-refractivity contribution in [3.63, 3.8) is 0 Å². The summed E-state index contributed by atoms with van der Waals surface area (Å²) >= 11 is 0. The molecule has 1 N–H and O–H groups in total. The van der Waals surface area contributed by atoms with Crippen LogP contribution >= 0.6 is 0 Å². The van der Waals surface area contributed by atoms with Gasteiger partial charge < -0.3 is 10.0 Å². The molecule has 10 heavy (non-hydrogen) atoms. The smallest absolute Gasteiger partial charge is 0.323 e. The third-order valence-electron chi connectivity index (χ3n) is 1.12. The van der Waals surface area contributed by atoms with Crippen molar-refractivity contribution in [3.8, 4) is 0 Å². The van der Waals surface area contributed by atoms with E-state index in [1.165, 1.54) is 0 Å². The molecule has 0 amide bonds. The first-order chi connectivity index (χ1) is 4.79. The average molecular weight is 140 g/mol. The van der Waals surface area contributed by atoms with E-state index in [4.69, 9.17) is 5.11 Å². The molecule has 0 aromatic carbocycles.